The van der Waals surface area contributed by atoms with Gasteiger partial charge < -0.3 is 10.6 Å². The van der Waals surface area contributed by atoms with E-state index < -0.39 is 0 Å². The van der Waals surface area contributed by atoms with Gasteiger partial charge in [0.05, 0.1) is 0 Å². The van der Waals surface area contributed by atoms with E-state index in [1.165, 1.54) is 32.4 Å². The highest BCUT2D eigenvalue weighted by atomic mass is 15.1. The van der Waals surface area contributed by atoms with Gasteiger partial charge >= 0.3 is 0 Å². The van der Waals surface area contributed by atoms with Gasteiger partial charge in [0.1, 0.15) is 0 Å². The smallest absolute Gasteiger partial charge is 0.0193 e. The van der Waals surface area contributed by atoms with Crippen molar-refractivity contribution >= 4 is 0 Å². The molecule has 0 bridgehead atoms. The molecular weight excluding hydrogens is 196 g/mol. The first-order valence-corrected chi connectivity index (χ1v) is 7.02. The zero-order valence-corrected chi connectivity index (χ0v) is 11.6. The van der Waals surface area contributed by atoms with Crippen LogP contribution in [0.5, 0.6) is 0 Å². The Morgan fingerprint density at radius 1 is 1.19 bits per heavy atom. The molecule has 0 saturated carbocycles. The molecule has 0 aromatic heterocycles. The Bertz CT molecular complexity index is 183. The monoisotopic (exact) mass is 226 g/mol. The predicted molar refractivity (Wildman–Crippen MR) is 71.4 cm³/mol. The first kappa shape index (κ1) is 14.0. The Labute approximate surface area is 102 Å². The van der Waals surface area contributed by atoms with E-state index in [2.05, 4.69) is 32.6 Å². The summed E-state index contributed by atoms with van der Waals surface area (Å²) >= 11 is 0. The van der Waals surface area contributed by atoms with Gasteiger partial charge in [0.2, 0.25) is 0 Å². The number of piperidine rings is 1. The number of hydrogen-bond acceptors (Lipinski definition) is 2. The van der Waals surface area contributed by atoms with Crippen LogP contribution in [0.3, 0.4) is 0 Å². The van der Waals surface area contributed by atoms with E-state index in [9.17, 15) is 0 Å². The van der Waals surface area contributed by atoms with E-state index in [-0.39, 0.29) is 0 Å². The average molecular weight is 226 g/mol. The summed E-state index contributed by atoms with van der Waals surface area (Å²) in [5, 5.41) is 0. The molecule has 1 aliphatic heterocycles. The van der Waals surface area contributed by atoms with E-state index in [0.29, 0.717) is 12.0 Å². The Morgan fingerprint density at radius 3 is 2.19 bits per heavy atom. The number of nitrogens with zero attached hydrogens (tertiary/aromatic N) is 1. The highest BCUT2D eigenvalue weighted by Crippen LogP contribution is 2.24. The van der Waals surface area contributed by atoms with Gasteiger partial charge in [0, 0.05) is 12.6 Å². The van der Waals surface area contributed by atoms with Crippen LogP contribution in [-0.2, 0) is 0 Å². The highest BCUT2D eigenvalue weighted by Gasteiger charge is 2.23. The molecule has 0 aromatic carbocycles. The zero-order valence-electron chi connectivity index (χ0n) is 11.6. The summed E-state index contributed by atoms with van der Waals surface area (Å²) in [7, 11) is 0. The second-order valence-corrected chi connectivity index (χ2v) is 5.93. The Kier molecular flexibility index (Phi) is 5.77. The third-order valence-electron chi connectivity index (χ3n) is 4.42. The number of nitrogens with two attached hydrogens (primary N) is 1. The van der Waals surface area contributed by atoms with E-state index in [1.807, 2.05) is 0 Å². The van der Waals surface area contributed by atoms with E-state index in [0.717, 1.165) is 18.4 Å². The minimum Gasteiger partial charge on any atom is -0.326 e. The Morgan fingerprint density at radius 2 is 1.75 bits per heavy atom. The summed E-state index contributed by atoms with van der Waals surface area (Å²) in [5.41, 5.74) is 6.21. The normalized spacial score (nSPS) is 23.6. The van der Waals surface area contributed by atoms with E-state index in [4.69, 9.17) is 5.73 Å². The summed E-state index contributed by atoms with van der Waals surface area (Å²) in [6, 6.07) is 0.362. The standard InChI is InChI=1S/C14H30N2/c1-5-12(4)14(15)10-16-8-6-13(7-9-16)11(2)3/h11-14H,5-10,15H2,1-4H3. The fraction of sp³-hybridized carbons (Fsp3) is 1.00. The minimum absolute atomic E-state index is 0.362. The molecule has 1 saturated heterocycles. The maximum absolute atomic E-state index is 6.21. The van der Waals surface area contributed by atoms with Gasteiger partial charge in [-0.25, -0.2) is 0 Å². The SMILES string of the molecule is CCC(C)C(N)CN1CCC(C(C)C)CC1. The van der Waals surface area contributed by atoms with Crippen LogP contribution in [0.25, 0.3) is 0 Å². The largest absolute Gasteiger partial charge is 0.326 e. The molecule has 96 valence electrons. The zero-order chi connectivity index (χ0) is 12.1. The Hall–Kier alpha value is -0.0800. The predicted octanol–water partition coefficient (Wildman–Crippen LogP) is 2.73. The van der Waals surface area contributed by atoms with Crippen molar-refractivity contribution < 1.29 is 0 Å². The quantitative estimate of drug-likeness (QED) is 0.781. The van der Waals surface area contributed by atoms with Gasteiger partial charge in [-0.15, -0.1) is 0 Å². The van der Waals surface area contributed by atoms with Crippen LogP contribution in [0.1, 0.15) is 47.0 Å². The highest BCUT2D eigenvalue weighted by molar-refractivity contribution is 4.78. The molecule has 0 spiro atoms. The molecule has 1 rings (SSSR count). The molecule has 16 heavy (non-hydrogen) atoms. The topological polar surface area (TPSA) is 29.3 Å². The molecule has 0 aliphatic carbocycles. The van der Waals surface area contributed by atoms with Crippen molar-refractivity contribution in [3.63, 3.8) is 0 Å². The Balaban J connectivity index is 2.26. The van der Waals surface area contributed by atoms with Crippen molar-refractivity contribution in [2.45, 2.75) is 53.0 Å². The van der Waals surface area contributed by atoms with Crippen molar-refractivity contribution in [2.75, 3.05) is 19.6 Å². The lowest BCUT2D eigenvalue weighted by Gasteiger charge is -2.36. The molecule has 0 radical (unpaired) electrons. The molecule has 1 fully saturated rings. The fourth-order valence-electron chi connectivity index (χ4n) is 2.58. The molecule has 2 unspecified atom stereocenters. The van der Waals surface area contributed by atoms with Crippen LogP contribution in [0.2, 0.25) is 0 Å². The van der Waals surface area contributed by atoms with Gasteiger partial charge in [-0.1, -0.05) is 34.1 Å². The second kappa shape index (κ2) is 6.61. The fourth-order valence-corrected chi connectivity index (χ4v) is 2.58. The van der Waals surface area contributed by atoms with Crippen LogP contribution in [-0.4, -0.2) is 30.6 Å². The molecular formula is C14H30N2. The molecule has 2 atom stereocenters. The molecule has 1 aliphatic rings. The first-order valence-electron chi connectivity index (χ1n) is 7.02. The molecule has 2 nitrogen and oxygen atoms in total. The second-order valence-electron chi connectivity index (χ2n) is 5.93. The molecule has 2 N–H and O–H groups in total. The summed E-state index contributed by atoms with van der Waals surface area (Å²) in [4.78, 5) is 2.57. The van der Waals surface area contributed by atoms with Gasteiger partial charge in [0.25, 0.3) is 0 Å². The van der Waals surface area contributed by atoms with E-state index in [1.54, 1.807) is 0 Å². The van der Waals surface area contributed by atoms with Crippen molar-refractivity contribution in [2.24, 2.45) is 23.5 Å². The van der Waals surface area contributed by atoms with Crippen molar-refractivity contribution in [1.29, 1.82) is 0 Å². The number of likely N-dealkylation sites (tertiary alicyclic amines) is 1. The third kappa shape index (κ3) is 4.06. The van der Waals surface area contributed by atoms with Crippen molar-refractivity contribution in [3.8, 4) is 0 Å². The van der Waals surface area contributed by atoms with Crippen LogP contribution in [0.15, 0.2) is 0 Å². The minimum atomic E-state index is 0.362. The lowest BCUT2D eigenvalue weighted by Crippen LogP contribution is -2.45. The van der Waals surface area contributed by atoms with Crippen LogP contribution >= 0.6 is 0 Å². The van der Waals surface area contributed by atoms with E-state index >= 15 is 0 Å². The molecule has 1 heterocycles. The number of hydrogen-bond donors (Lipinski definition) is 1. The third-order valence-corrected chi connectivity index (χ3v) is 4.42. The van der Waals surface area contributed by atoms with Crippen molar-refractivity contribution in [1.82, 2.24) is 4.90 Å². The van der Waals surface area contributed by atoms with Gasteiger partial charge in [-0.2, -0.15) is 0 Å². The molecule has 0 aromatic rings. The summed E-state index contributed by atoms with van der Waals surface area (Å²) in [6.45, 7) is 12.8. The van der Waals surface area contributed by atoms with Crippen LogP contribution in [0, 0.1) is 17.8 Å². The molecule has 2 heteroatoms. The first-order chi connectivity index (χ1) is 7.54. The number of rotatable bonds is 5. The summed E-state index contributed by atoms with van der Waals surface area (Å²) in [5.74, 6) is 2.45. The van der Waals surface area contributed by atoms with Gasteiger partial charge in [-0.3, -0.25) is 0 Å². The maximum Gasteiger partial charge on any atom is 0.0193 e. The lowest BCUT2D eigenvalue weighted by atomic mass is 9.86. The van der Waals surface area contributed by atoms with Gasteiger partial charge in [-0.05, 0) is 43.7 Å². The lowest BCUT2D eigenvalue weighted by molar-refractivity contribution is 0.142. The van der Waals surface area contributed by atoms with Crippen molar-refractivity contribution in [3.05, 3.63) is 0 Å². The van der Waals surface area contributed by atoms with Crippen LogP contribution < -0.4 is 5.73 Å². The summed E-state index contributed by atoms with van der Waals surface area (Å²) in [6.07, 6.45) is 3.93. The average Bonchev–Trinajstić information content (AvgIpc) is 2.28. The van der Waals surface area contributed by atoms with Crippen LogP contribution in [0.4, 0.5) is 0 Å². The molecule has 0 amide bonds. The summed E-state index contributed by atoms with van der Waals surface area (Å²) < 4.78 is 0. The van der Waals surface area contributed by atoms with Gasteiger partial charge in [0.15, 0.2) is 0 Å². The maximum atomic E-state index is 6.21.